The molecular weight excluding hydrogens is 218 g/mol. The molecule has 0 radical (unpaired) electrons. The molecule has 0 saturated carbocycles. The van der Waals surface area contributed by atoms with Crippen molar-refractivity contribution in [2.75, 3.05) is 6.61 Å². The largest absolute Gasteiger partial charge is 0.395 e. The molecule has 2 N–H and O–H groups in total. The molecule has 0 spiro atoms. The van der Waals surface area contributed by atoms with Crippen molar-refractivity contribution in [2.24, 2.45) is 0 Å². The highest BCUT2D eigenvalue weighted by Crippen LogP contribution is 2.33. The van der Waals surface area contributed by atoms with E-state index in [1.807, 2.05) is 11.3 Å². The Hall–Kier alpha value is -0.380. The van der Waals surface area contributed by atoms with Gasteiger partial charge >= 0.3 is 0 Å². The van der Waals surface area contributed by atoms with Crippen molar-refractivity contribution in [2.45, 2.75) is 51.6 Å². The molecule has 1 heterocycles. The van der Waals surface area contributed by atoms with Crippen LogP contribution in [-0.4, -0.2) is 17.8 Å². The summed E-state index contributed by atoms with van der Waals surface area (Å²) in [5.41, 5.74) is 1.56. The smallest absolute Gasteiger partial charge is 0.0584 e. The number of nitrogens with one attached hydrogen (secondary N) is 1. The molecule has 1 aliphatic carbocycles. The van der Waals surface area contributed by atoms with Crippen LogP contribution in [0.25, 0.3) is 0 Å². The predicted molar refractivity (Wildman–Crippen MR) is 69.1 cm³/mol. The van der Waals surface area contributed by atoms with Gasteiger partial charge in [-0.25, -0.2) is 0 Å². The Kier molecular flexibility index (Phi) is 4.00. The fourth-order valence-corrected chi connectivity index (χ4v) is 3.57. The predicted octanol–water partition coefficient (Wildman–Crippen LogP) is 2.66. The summed E-state index contributed by atoms with van der Waals surface area (Å²) >= 11 is 1.95. The normalized spacial score (nSPS) is 18.4. The molecule has 0 bridgehead atoms. The van der Waals surface area contributed by atoms with E-state index in [1.165, 1.54) is 24.1 Å². The highest BCUT2D eigenvalue weighted by atomic mass is 32.1. The standard InChI is InChI=1S/C13H21NOS/c1-3-11(8-15)14-9(2)13-7-10-5-4-6-12(10)16-13/h7,9,11,14-15H,3-6,8H2,1-2H3. The molecule has 1 aromatic rings. The van der Waals surface area contributed by atoms with Gasteiger partial charge in [-0.3, -0.25) is 0 Å². The number of thiophene rings is 1. The summed E-state index contributed by atoms with van der Waals surface area (Å²) in [5.74, 6) is 0. The SMILES string of the molecule is CCC(CO)NC(C)c1cc2c(s1)CCC2. The van der Waals surface area contributed by atoms with Crippen molar-refractivity contribution < 1.29 is 5.11 Å². The lowest BCUT2D eigenvalue weighted by atomic mass is 10.1. The first-order chi connectivity index (χ1) is 7.74. The lowest BCUT2D eigenvalue weighted by Crippen LogP contribution is -2.33. The zero-order valence-electron chi connectivity index (χ0n) is 10.1. The van der Waals surface area contributed by atoms with Crippen LogP contribution in [0.2, 0.25) is 0 Å². The van der Waals surface area contributed by atoms with Crippen LogP contribution in [0, 0.1) is 0 Å². The topological polar surface area (TPSA) is 32.3 Å². The lowest BCUT2D eigenvalue weighted by Gasteiger charge is -2.19. The monoisotopic (exact) mass is 239 g/mol. The van der Waals surface area contributed by atoms with Gasteiger partial charge in [-0.1, -0.05) is 6.92 Å². The Morgan fingerprint density at radius 3 is 2.94 bits per heavy atom. The number of hydrogen-bond acceptors (Lipinski definition) is 3. The van der Waals surface area contributed by atoms with Gasteiger partial charge < -0.3 is 10.4 Å². The Morgan fingerprint density at radius 2 is 2.31 bits per heavy atom. The fraction of sp³-hybridized carbons (Fsp3) is 0.692. The van der Waals surface area contributed by atoms with Crippen LogP contribution in [0.4, 0.5) is 0 Å². The van der Waals surface area contributed by atoms with E-state index in [4.69, 9.17) is 0 Å². The minimum atomic E-state index is 0.228. The van der Waals surface area contributed by atoms with Crippen molar-refractivity contribution in [3.63, 3.8) is 0 Å². The molecule has 90 valence electrons. The first kappa shape index (κ1) is 12.1. The number of hydrogen-bond donors (Lipinski definition) is 2. The fourth-order valence-electron chi connectivity index (χ4n) is 2.30. The van der Waals surface area contributed by atoms with Gasteiger partial charge in [-0.2, -0.15) is 0 Å². The minimum Gasteiger partial charge on any atom is -0.395 e. The van der Waals surface area contributed by atoms with E-state index in [2.05, 4.69) is 25.2 Å². The second-order valence-corrected chi connectivity index (χ2v) is 5.80. The number of aliphatic hydroxyl groups is 1. The molecule has 0 saturated heterocycles. The van der Waals surface area contributed by atoms with Crippen molar-refractivity contribution in [1.82, 2.24) is 5.32 Å². The lowest BCUT2D eigenvalue weighted by molar-refractivity contribution is 0.230. The third kappa shape index (κ3) is 2.47. The van der Waals surface area contributed by atoms with Crippen LogP contribution in [0.5, 0.6) is 0 Å². The Labute approximate surface area is 102 Å². The van der Waals surface area contributed by atoms with Crippen LogP contribution in [0.3, 0.4) is 0 Å². The highest BCUT2D eigenvalue weighted by molar-refractivity contribution is 7.12. The Bertz CT molecular complexity index is 322. The maximum absolute atomic E-state index is 9.18. The molecule has 0 fully saturated rings. The van der Waals surface area contributed by atoms with Crippen LogP contribution in [0.1, 0.15) is 48.0 Å². The molecule has 1 aromatic heterocycles. The third-order valence-electron chi connectivity index (χ3n) is 3.39. The van der Waals surface area contributed by atoms with Gasteiger partial charge in [-0.05, 0) is 44.2 Å². The summed E-state index contributed by atoms with van der Waals surface area (Å²) in [4.78, 5) is 3.01. The maximum Gasteiger partial charge on any atom is 0.0584 e. The van der Waals surface area contributed by atoms with Crippen LogP contribution >= 0.6 is 11.3 Å². The molecule has 2 atom stereocenters. The van der Waals surface area contributed by atoms with Crippen LogP contribution in [0.15, 0.2) is 6.07 Å². The van der Waals surface area contributed by atoms with E-state index in [1.54, 1.807) is 10.4 Å². The second kappa shape index (κ2) is 5.30. The van der Waals surface area contributed by atoms with Gasteiger partial charge in [0.1, 0.15) is 0 Å². The van der Waals surface area contributed by atoms with Gasteiger partial charge in [0.05, 0.1) is 6.61 Å². The van der Waals surface area contributed by atoms with Gasteiger partial charge in [0.2, 0.25) is 0 Å². The Morgan fingerprint density at radius 1 is 1.50 bits per heavy atom. The third-order valence-corrected chi connectivity index (χ3v) is 4.81. The highest BCUT2D eigenvalue weighted by Gasteiger charge is 2.18. The van der Waals surface area contributed by atoms with E-state index in [-0.39, 0.29) is 12.6 Å². The van der Waals surface area contributed by atoms with E-state index in [0.717, 1.165) is 6.42 Å². The maximum atomic E-state index is 9.18. The van der Waals surface area contributed by atoms with Crippen molar-refractivity contribution in [3.05, 3.63) is 21.4 Å². The summed E-state index contributed by atoms with van der Waals surface area (Å²) in [6.07, 6.45) is 4.84. The summed E-state index contributed by atoms with van der Waals surface area (Å²) < 4.78 is 0. The molecular formula is C13H21NOS. The average Bonchev–Trinajstić information content (AvgIpc) is 2.85. The molecule has 0 aromatic carbocycles. The zero-order valence-corrected chi connectivity index (χ0v) is 10.9. The molecule has 0 amide bonds. The zero-order chi connectivity index (χ0) is 11.5. The molecule has 0 aliphatic heterocycles. The van der Waals surface area contributed by atoms with E-state index >= 15 is 0 Å². The molecule has 16 heavy (non-hydrogen) atoms. The van der Waals surface area contributed by atoms with Crippen molar-refractivity contribution in [1.29, 1.82) is 0 Å². The van der Waals surface area contributed by atoms with Gasteiger partial charge in [0.25, 0.3) is 0 Å². The Balaban J connectivity index is 2.00. The minimum absolute atomic E-state index is 0.228. The van der Waals surface area contributed by atoms with Crippen LogP contribution < -0.4 is 5.32 Å². The molecule has 2 nitrogen and oxygen atoms in total. The number of rotatable bonds is 5. The number of fused-ring (bicyclic) bond motifs is 1. The quantitative estimate of drug-likeness (QED) is 0.828. The van der Waals surface area contributed by atoms with Gasteiger partial charge in [-0.15, -0.1) is 11.3 Å². The first-order valence-corrected chi connectivity index (χ1v) is 7.04. The second-order valence-electron chi connectivity index (χ2n) is 4.63. The summed E-state index contributed by atoms with van der Waals surface area (Å²) in [7, 11) is 0. The summed E-state index contributed by atoms with van der Waals surface area (Å²) in [6.45, 7) is 4.53. The van der Waals surface area contributed by atoms with E-state index in [9.17, 15) is 5.11 Å². The number of aliphatic hydroxyl groups excluding tert-OH is 1. The van der Waals surface area contributed by atoms with E-state index < -0.39 is 0 Å². The summed E-state index contributed by atoms with van der Waals surface area (Å²) in [5, 5.41) is 12.7. The molecule has 3 heteroatoms. The summed E-state index contributed by atoms with van der Waals surface area (Å²) in [6, 6.07) is 2.95. The average molecular weight is 239 g/mol. The molecule has 2 unspecified atom stereocenters. The van der Waals surface area contributed by atoms with Crippen molar-refractivity contribution >= 4 is 11.3 Å². The molecule has 2 rings (SSSR count). The van der Waals surface area contributed by atoms with Crippen molar-refractivity contribution in [3.8, 4) is 0 Å². The van der Waals surface area contributed by atoms with Crippen LogP contribution in [-0.2, 0) is 12.8 Å². The van der Waals surface area contributed by atoms with Gasteiger partial charge in [0, 0.05) is 21.8 Å². The van der Waals surface area contributed by atoms with E-state index in [0.29, 0.717) is 6.04 Å². The first-order valence-electron chi connectivity index (χ1n) is 6.23. The number of aryl methyl sites for hydroxylation is 2. The molecule has 1 aliphatic rings. The van der Waals surface area contributed by atoms with Gasteiger partial charge in [0.15, 0.2) is 0 Å².